The van der Waals surface area contributed by atoms with E-state index in [1.165, 1.54) is 6.07 Å². The lowest BCUT2D eigenvalue weighted by atomic mass is 10.1. The number of ether oxygens (including phenoxy) is 1. The predicted octanol–water partition coefficient (Wildman–Crippen LogP) is 2.77. The van der Waals surface area contributed by atoms with E-state index in [1.807, 2.05) is 6.92 Å². The maximum absolute atomic E-state index is 11.4. The Morgan fingerprint density at radius 3 is 2.37 bits per heavy atom. The van der Waals surface area contributed by atoms with Gasteiger partial charge in [-0.25, -0.2) is 13.6 Å². The summed E-state index contributed by atoms with van der Waals surface area (Å²) in [4.78, 5) is 0.166. The molecule has 108 valence electrons. The second-order valence-electron chi connectivity index (χ2n) is 5.24. The minimum absolute atomic E-state index is 0.166. The number of hydrogen-bond acceptors (Lipinski definition) is 3. The van der Waals surface area contributed by atoms with Crippen molar-refractivity contribution in [1.29, 1.82) is 0 Å². The Kier molecular flexibility index (Phi) is 5.38. The lowest BCUT2D eigenvalue weighted by Crippen LogP contribution is -2.14. The zero-order valence-electron chi connectivity index (χ0n) is 12.1. The van der Waals surface area contributed by atoms with E-state index in [0.717, 1.165) is 24.2 Å². The highest BCUT2D eigenvalue weighted by molar-refractivity contribution is 7.89. The molecule has 0 radical (unpaired) electrons. The van der Waals surface area contributed by atoms with Gasteiger partial charge in [-0.3, -0.25) is 0 Å². The number of benzene rings is 1. The van der Waals surface area contributed by atoms with Crippen LogP contribution in [0.3, 0.4) is 0 Å². The molecule has 2 N–H and O–H groups in total. The van der Waals surface area contributed by atoms with E-state index in [0.29, 0.717) is 18.1 Å². The molecule has 0 saturated carbocycles. The summed E-state index contributed by atoms with van der Waals surface area (Å²) in [5.41, 5.74) is 1.49. The fourth-order valence-electron chi connectivity index (χ4n) is 1.91. The first kappa shape index (κ1) is 16.0. The van der Waals surface area contributed by atoms with Crippen LogP contribution in [-0.2, 0) is 10.0 Å². The maximum atomic E-state index is 11.4. The van der Waals surface area contributed by atoms with Crippen LogP contribution in [0.5, 0.6) is 5.75 Å². The molecule has 0 aliphatic carbocycles. The summed E-state index contributed by atoms with van der Waals surface area (Å²) in [7, 11) is -3.66. The molecular formula is C14H23NO3S. The number of sulfonamides is 1. The maximum Gasteiger partial charge on any atom is 0.238 e. The van der Waals surface area contributed by atoms with E-state index < -0.39 is 10.0 Å². The van der Waals surface area contributed by atoms with Crippen molar-refractivity contribution in [3.63, 3.8) is 0 Å². The van der Waals surface area contributed by atoms with Crippen LogP contribution in [0.25, 0.3) is 0 Å². The van der Waals surface area contributed by atoms with Crippen molar-refractivity contribution >= 4 is 10.0 Å². The highest BCUT2D eigenvalue weighted by atomic mass is 32.2. The van der Waals surface area contributed by atoms with Crippen molar-refractivity contribution in [3.05, 3.63) is 23.3 Å². The van der Waals surface area contributed by atoms with Crippen LogP contribution in [0.15, 0.2) is 17.0 Å². The molecule has 0 amide bonds. The second kappa shape index (κ2) is 6.39. The first-order valence-corrected chi connectivity index (χ1v) is 8.04. The third-order valence-corrected chi connectivity index (χ3v) is 4.23. The molecule has 0 spiro atoms. The van der Waals surface area contributed by atoms with Crippen LogP contribution in [0, 0.1) is 19.8 Å². The van der Waals surface area contributed by atoms with Gasteiger partial charge in [0.15, 0.2) is 0 Å². The van der Waals surface area contributed by atoms with Gasteiger partial charge < -0.3 is 4.74 Å². The molecule has 4 nitrogen and oxygen atoms in total. The molecule has 0 bridgehead atoms. The van der Waals surface area contributed by atoms with Gasteiger partial charge >= 0.3 is 0 Å². The molecule has 0 heterocycles. The third kappa shape index (κ3) is 4.51. The quantitative estimate of drug-likeness (QED) is 0.817. The molecule has 0 saturated heterocycles. The van der Waals surface area contributed by atoms with Crippen molar-refractivity contribution < 1.29 is 13.2 Å². The highest BCUT2D eigenvalue weighted by Gasteiger charge is 2.15. The first-order chi connectivity index (χ1) is 8.73. The monoisotopic (exact) mass is 285 g/mol. The molecule has 0 aliphatic heterocycles. The van der Waals surface area contributed by atoms with Crippen molar-refractivity contribution in [2.45, 2.75) is 45.4 Å². The summed E-state index contributed by atoms with van der Waals surface area (Å²) in [6.45, 7) is 8.59. The summed E-state index contributed by atoms with van der Waals surface area (Å²) >= 11 is 0. The van der Waals surface area contributed by atoms with Gasteiger partial charge in [-0.15, -0.1) is 0 Å². The molecule has 1 rings (SSSR count). The summed E-state index contributed by atoms with van der Waals surface area (Å²) in [6.07, 6.45) is 2.11. The van der Waals surface area contributed by atoms with Gasteiger partial charge in [0.2, 0.25) is 10.0 Å². The van der Waals surface area contributed by atoms with Crippen LogP contribution in [0.4, 0.5) is 0 Å². The number of hydrogen-bond donors (Lipinski definition) is 1. The Morgan fingerprint density at radius 2 is 1.84 bits per heavy atom. The molecular weight excluding hydrogens is 262 g/mol. The lowest BCUT2D eigenvalue weighted by Gasteiger charge is -2.14. The molecule has 1 aromatic carbocycles. The molecule has 0 unspecified atom stereocenters. The predicted molar refractivity (Wildman–Crippen MR) is 76.9 cm³/mol. The summed E-state index contributed by atoms with van der Waals surface area (Å²) in [6, 6.07) is 3.19. The van der Waals surface area contributed by atoms with Gasteiger partial charge in [0.25, 0.3) is 0 Å². The van der Waals surface area contributed by atoms with Crippen molar-refractivity contribution in [2.24, 2.45) is 11.1 Å². The summed E-state index contributed by atoms with van der Waals surface area (Å²) < 4.78 is 28.5. The Morgan fingerprint density at radius 1 is 1.21 bits per heavy atom. The summed E-state index contributed by atoms with van der Waals surface area (Å²) in [5.74, 6) is 1.39. The summed E-state index contributed by atoms with van der Waals surface area (Å²) in [5, 5.41) is 5.16. The molecule has 1 aromatic rings. The fraction of sp³-hybridized carbons (Fsp3) is 0.571. The second-order valence-corrected chi connectivity index (χ2v) is 6.77. The molecule has 0 atom stereocenters. The minimum Gasteiger partial charge on any atom is -0.493 e. The van der Waals surface area contributed by atoms with Crippen molar-refractivity contribution in [1.82, 2.24) is 0 Å². The van der Waals surface area contributed by atoms with Crippen molar-refractivity contribution in [3.8, 4) is 5.75 Å². The van der Waals surface area contributed by atoms with Crippen LogP contribution < -0.4 is 9.88 Å². The zero-order valence-corrected chi connectivity index (χ0v) is 12.9. The Balaban J connectivity index is 2.80. The largest absolute Gasteiger partial charge is 0.493 e. The smallest absolute Gasteiger partial charge is 0.238 e. The molecule has 19 heavy (non-hydrogen) atoms. The molecule has 0 aliphatic rings. The van der Waals surface area contributed by atoms with E-state index in [9.17, 15) is 8.42 Å². The van der Waals surface area contributed by atoms with Gasteiger partial charge in [0.1, 0.15) is 5.75 Å². The Labute approximate surface area is 116 Å². The highest BCUT2D eigenvalue weighted by Crippen LogP contribution is 2.26. The minimum atomic E-state index is -3.66. The van der Waals surface area contributed by atoms with E-state index in [2.05, 4.69) is 13.8 Å². The number of primary sulfonamides is 1. The standard InChI is InChI=1S/C14H23NO3S/c1-10(2)6-5-9-18-13-7-8-14(19(15,16)17)12(4)11(13)3/h7-8,10H,5-6,9H2,1-4H3,(H2,15,16,17). The first-order valence-electron chi connectivity index (χ1n) is 6.49. The SMILES string of the molecule is Cc1c(OCCCC(C)C)ccc(S(N)(=O)=O)c1C. The van der Waals surface area contributed by atoms with Crippen LogP contribution in [0.2, 0.25) is 0 Å². The van der Waals surface area contributed by atoms with E-state index in [4.69, 9.17) is 9.88 Å². The Bertz CT molecular complexity index is 536. The third-order valence-electron chi connectivity index (χ3n) is 3.18. The molecule has 0 aromatic heterocycles. The van der Waals surface area contributed by atoms with Gasteiger partial charge in [-0.05, 0) is 55.9 Å². The zero-order chi connectivity index (χ0) is 14.6. The Hall–Kier alpha value is -1.07. The van der Waals surface area contributed by atoms with Gasteiger partial charge in [-0.2, -0.15) is 0 Å². The van der Waals surface area contributed by atoms with Crippen molar-refractivity contribution in [2.75, 3.05) is 6.61 Å². The van der Waals surface area contributed by atoms with Gasteiger partial charge in [-0.1, -0.05) is 13.8 Å². The normalized spacial score (nSPS) is 11.9. The fourth-order valence-corrected chi connectivity index (χ4v) is 2.75. The molecule has 0 fully saturated rings. The van der Waals surface area contributed by atoms with E-state index in [1.54, 1.807) is 13.0 Å². The lowest BCUT2D eigenvalue weighted by molar-refractivity contribution is 0.295. The molecule has 5 heteroatoms. The number of nitrogens with two attached hydrogens (primary N) is 1. The topological polar surface area (TPSA) is 69.4 Å². The average Bonchev–Trinajstić information content (AvgIpc) is 2.27. The van der Waals surface area contributed by atoms with Gasteiger partial charge in [0.05, 0.1) is 11.5 Å². The average molecular weight is 285 g/mol. The van der Waals surface area contributed by atoms with E-state index in [-0.39, 0.29) is 4.90 Å². The number of rotatable bonds is 6. The van der Waals surface area contributed by atoms with Crippen LogP contribution in [0.1, 0.15) is 37.8 Å². The van der Waals surface area contributed by atoms with Crippen LogP contribution >= 0.6 is 0 Å². The van der Waals surface area contributed by atoms with Crippen LogP contribution in [-0.4, -0.2) is 15.0 Å². The van der Waals surface area contributed by atoms with E-state index >= 15 is 0 Å². The van der Waals surface area contributed by atoms with Gasteiger partial charge in [0, 0.05) is 0 Å².